The molecule has 18 heavy (non-hydrogen) atoms. The van der Waals surface area contributed by atoms with Gasteiger partial charge in [0, 0.05) is 24.2 Å². The number of aliphatic hydroxyl groups is 1. The molecular weight excluding hydrogens is 228 g/mol. The first-order chi connectivity index (χ1) is 8.86. The molecule has 94 valence electrons. The van der Waals surface area contributed by atoms with Crippen molar-refractivity contribution in [2.45, 2.75) is 6.61 Å². The van der Waals surface area contributed by atoms with Crippen LogP contribution in [0.1, 0.15) is 5.69 Å². The second kappa shape index (κ2) is 4.92. The fraction of sp³-hybridized carbons (Fsp3) is 0.357. The lowest BCUT2D eigenvalue weighted by Crippen LogP contribution is -2.36. The minimum Gasteiger partial charge on any atom is -0.390 e. The van der Waals surface area contributed by atoms with Crippen LogP contribution >= 0.6 is 0 Å². The van der Waals surface area contributed by atoms with Crippen LogP contribution in [0.3, 0.4) is 0 Å². The first-order valence-corrected chi connectivity index (χ1v) is 6.20. The molecule has 0 bridgehead atoms. The molecule has 0 saturated carbocycles. The van der Waals surface area contributed by atoms with Crippen LogP contribution in [0.25, 0.3) is 10.9 Å². The van der Waals surface area contributed by atoms with Crippen LogP contribution in [0.4, 0.5) is 5.69 Å². The number of benzene rings is 1. The van der Waals surface area contributed by atoms with Crippen molar-refractivity contribution in [3.8, 4) is 0 Å². The van der Waals surface area contributed by atoms with Crippen LogP contribution in [0, 0.1) is 0 Å². The Morgan fingerprint density at radius 1 is 1.17 bits per heavy atom. The highest BCUT2D eigenvalue weighted by Gasteiger charge is 2.11. The summed E-state index contributed by atoms with van der Waals surface area (Å²) in [5.41, 5.74) is 2.85. The van der Waals surface area contributed by atoms with Gasteiger partial charge in [-0.1, -0.05) is 6.07 Å². The van der Waals surface area contributed by atoms with Crippen LogP contribution in [0.15, 0.2) is 30.3 Å². The number of anilines is 1. The van der Waals surface area contributed by atoms with E-state index in [-0.39, 0.29) is 6.61 Å². The number of ether oxygens (including phenoxy) is 1. The number of nitrogens with zero attached hydrogens (tertiary/aromatic N) is 2. The molecule has 1 aromatic heterocycles. The van der Waals surface area contributed by atoms with Gasteiger partial charge in [0.05, 0.1) is 31.0 Å². The highest BCUT2D eigenvalue weighted by atomic mass is 16.5. The first-order valence-electron chi connectivity index (χ1n) is 6.20. The van der Waals surface area contributed by atoms with Crippen LogP contribution in [0.2, 0.25) is 0 Å². The van der Waals surface area contributed by atoms with E-state index in [0.717, 1.165) is 37.2 Å². The van der Waals surface area contributed by atoms with E-state index < -0.39 is 0 Å². The third kappa shape index (κ3) is 2.17. The molecule has 4 heteroatoms. The van der Waals surface area contributed by atoms with Gasteiger partial charge in [-0.15, -0.1) is 0 Å². The Bertz CT molecular complexity index is 550. The summed E-state index contributed by atoms with van der Waals surface area (Å²) in [5, 5.41) is 10.2. The van der Waals surface area contributed by atoms with Gasteiger partial charge in [0.25, 0.3) is 0 Å². The molecule has 1 fully saturated rings. The molecule has 1 aliphatic heterocycles. The molecule has 0 aliphatic carbocycles. The van der Waals surface area contributed by atoms with Gasteiger partial charge in [-0.3, -0.25) is 4.98 Å². The normalized spacial score (nSPS) is 16.2. The number of fused-ring (bicyclic) bond motifs is 1. The van der Waals surface area contributed by atoms with Gasteiger partial charge < -0.3 is 14.7 Å². The van der Waals surface area contributed by atoms with E-state index in [9.17, 15) is 0 Å². The van der Waals surface area contributed by atoms with Crippen LogP contribution in [0.5, 0.6) is 0 Å². The Labute approximate surface area is 106 Å². The SMILES string of the molecule is OCc1ccc2cc(N3CCOCC3)ccc2n1. The van der Waals surface area contributed by atoms with Gasteiger partial charge >= 0.3 is 0 Å². The Balaban J connectivity index is 1.95. The molecule has 4 nitrogen and oxygen atoms in total. The fourth-order valence-electron chi connectivity index (χ4n) is 2.26. The minimum absolute atomic E-state index is 0.0127. The number of morpholine rings is 1. The van der Waals surface area contributed by atoms with Crippen molar-refractivity contribution in [1.29, 1.82) is 0 Å². The van der Waals surface area contributed by atoms with Gasteiger partial charge in [0.15, 0.2) is 0 Å². The molecule has 0 amide bonds. The Morgan fingerprint density at radius 2 is 2.00 bits per heavy atom. The van der Waals surface area contributed by atoms with Gasteiger partial charge in [-0.2, -0.15) is 0 Å². The van der Waals surface area contributed by atoms with Crippen molar-refractivity contribution < 1.29 is 9.84 Å². The summed E-state index contributed by atoms with van der Waals surface area (Å²) in [5.74, 6) is 0. The Hall–Kier alpha value is -1.65. The van der Waals surface area contributed by atoms with Crippen LogP contribution in [-0.4, -0.2) is 36.4 Å². The Kier molecular flexibility index (Phi) is 3.13. The van der Waals surface area contributed by atoms with Gasteiger partial charge in [0.2, 0.25) is 0 Å². The van der Waals surface area contributed by atoms with E-state index in [1.807, 2.05) is 18.2 Å². The number of pyridine rings is 1. The maximum absolute atomic E-state index is 9.07. The molecule has 3 rings (SSSR count). The summed E-state index contributed by atoms with van der Waals surface area (Å²) >= 11 is 0. The predicted molar refractivity (Wildman–Crippen MR) is 70.7 cm³/mol. The summed E-state index contributed by atoms with van der Waals surface area (Å²) in [6.07, 6.45) is 0. The van der Waals surface area contributed by atoms with Crippen molar-refractivity contribution >= 4 is 16.6 Å². The molecule has 0 unspecified atom stereocenters. The van der Waals surface area contributed by atoms with Crippen molar-refractivity contribution in [3.63, 3.8) is 0 Å². The molecule has 0 spiro atoms. The second-order valence-electron chi connectivity index (χ2n) is 4.44. The van der Waals surface area contributed by atoms with Gasteiger partial charge in [0.1, 0.15) is 0 Å². The summed E-state index contributed by atoms with van der Waals surface area (Å²) in [6, 6.07) is 10.1. The number of aromatic nitrogens is 1. The maximum atomic E-state index is 9.07. The van der Waals surface area contributed by atoms with E-state index in [0.29, 0.717) is 5.69 Å². The maximum Gasteiger partial charge on any atom is 0.0853 e. The zero-order valence-electron chi connectivity index (χ0n) is 10.2. The second-order valence-corrected chi connectivity index (χ2v) is 4.44. The molecule has 1 aliphatic rings. The largest absolute Gasteiger partial charge is 0.390 e. The molecule has 0 radical (unpaired) electrons. The lowest BCUT2D eigenvalue weighted by molar-refractivity contribution is 0.122. The van der Waals surface area contributed by atoms with Gasteiger partial charge in [-0.25, -0.2) is 0 Å². The molecule has 1 saturated heterocycles. The van der Waals surface area contributed by atoms with Crippen molar-refractivity contribution in [1.82, 2.24) is 4.98 Å². The monoisotopic (exact) mass is 244 g/mol. The lowest BCUT2D eigenvalue weighted by atomic mass is 10.1. The van der Waals surface area contributed by atoms with Crippen molar-refractivity contribution in [2.24, 2.45) is 0 Å². The number of rotatable bonds is 2. The average Bonchev–Trinajstić information content (AvgIpc) is 2.47. The summed E-state index contributed by atoms with van der Waals surface area (Å²) in [6.45, 7) is 3.45. The fourth-order valence-corrected chi connectivity index (χ4v) is 2.26. The highest BCUT2D eigenvalue weighted by molar-refractivity contribution is 5.82. The van der Waals surface area contributed by atoms with E-state index in [2.05, 4.69) is 22.0 Å². The molecule has 0 atom stereocenters. The average molecular weight is 244 g/mol. The van der Waals surface area contributed by atoms with Crippen molar-refractivity contribution in [3.05, 3.63) is 36.0 Å². The predicted octanol–water partition coefficient (Wildman–Crippen LogP) is 1.56. The van der Waals surface area contributed by atoms with Crippen LogP contribution < -0.4 is 4.90 Å². The standard InChI is InChI=1S/C14H16N2O2/c17-10-12-2-1-11-9-13(3-4-14(11)15-12)16-5-7-18-8-6-16/h1-4,9,17H,5-8,10H2. The number of hydrogen-bond acceptors (Lipinski definition) is 4. The summed E-state index contributed by atoms with van der Waals surface area (Å²) in [7, 11) is 0. The first kappa shape index (κ1) is 11.4. The topological polar surface area (TPSA) is 45.6 Å². The third-order valence-electron chi connectivity index (χ3n) is 3.27. The van der Waals surface area contributed by atoms with E-state index >= 15 is 0 Å². The molecule has 2 aromatic rings. The summed E-state index contributed by atoms with van der Waals surface area (Å²) in [4.78, 5) is 6.71. The van der Waals surface area contributed by atoms with E-state index in [4.69, 9.17) is 9.84 Å². The number of hydrogen-bond donors (Lipinski definition) is 1. The zero-order valence-corrected chi connectivity index (χ0v) is 10.2. The smallest absolute Gasteiger partial charge is 0.0853 e. The van der Waals surface area contributed by atoms with Crippen molar-refractivity contribution in [2.75, 3.05) is 31.2 Å². The zero-order chi connectivity index (χ0) is 12.4. The molecule has 2 heterocycles. The lowest BCUT2D eigenvalue weighted by Gasteiger charge is -2.29. The minimum atomic E-state index is -0.0127. The Morgan fingerprint density at radius 3 is 2.78 bits per heavy atom. The molecule has 1 aromatic carbocycles. The molecular formula is C14H16N2O2. The third-order valence-corrected chi connectivity index (χ3v) is 3.27. The van der Waals surface area contributed by atoms with Crippen LogP contribution in [-0.2, 0) is 11.3 Å². The van der Waals surface area contributed by atoms with E-state index in [1.165, 1.54) is 5.69 Å². The highest BCUT2D eigenvalue weighted by Crippen LogP contribution is 2.22. The number of aliphatic hydroxyl groups excluding tert-OH is 1. The molecule has 1 N–H and O–H groups in total. The quantitative estimate of drug-likeness (QED) is 0.871. The van der Waals surface area contributed by atoms with E-state index in [1.54, 1.807) is 0 Å². The van der Waals surface area contributed by atoms with Gasteiger partial charge in [-0.05, 0) is 24.3 Å². The summed E-state index contributed by atoms with van der Waals surface area (Å²) < 4.78 is 5.36.